The number of nitrogens with zero attached hydrogens (tertiary/aromatic N) is 3. The molecule has 2 heterocycles. The van der Waals surface area contributed by atoms with E-state index in [9.17, 15) is 4.79 Å². The molecule has 1 aromatic heterocycles. The maximum atomic E-state index is 12.4. The highest BCUT2D eigenvalue weighted by molar-refractivity contribution is 9.10. The quantitative estimate of drug-likeness (QED) is 0.313. The summed E-state index contributed by atoms with van der Waals surface area (Å²) in [6.07, 6.45) is 3.46. The average Bonchev–Trinajstić information content (AvgIpc) is 3.29. The minimum atomic E-state index is -0.296. The lowest BCUT2D eigenvalue weighted by Gasteiger charge is -2.18. The predicted molar refractivity (Wildman–Crippen MR) is 129 cm³/mol. The van der Waals surface area contributed by atoms with Gasteiger partial charge in [0.1, 0.15) is 18.9 Å². The molecule has 0 unspecified atom stereocenters. The SMILES string of the molecule is O=C(NN=Cc1cn(-c2ccccc2)nc1-c1ccc2c(c1)OCCO2)c1ccc(Br)cc1. The Morgan fingerprint density at radius 1 is 1.00 bits per heavy atom. The summed E-state index contributed by atoms with van der Waals surface area (Å²) in [5.41, 5.74) is 6.31. The van der Waals surface area contributed by atoms with E-state index in [0.29, 0.717) is 36.0 Å². The van der Waals surface area contributed by atoms with Crippen LogP contribution in [0.25, 0.3) is 16.9 Å². The van der Waals surface area contributed by atoms with Crippen molar-refractivity contribution in [3.8, 4) is 28.4 Å². The van der Waals surface area contributed by atoms with Crippen LogP contribution in [0, 0.1) is 0 Å². The first-order valence-electron chi connectivity index (χ1n) is 10.3. The van der Waals surface area contributed by atoms with Crippen LogP contribution in [0.3, 0.4) is 0 Å². The van der Waals surface area contributed by atoms with Crippen LogP contribution >= 0.6 is 15.9 Å². The van der Waals surface area contributed by atoms with Gasteiger partial charge >= 0.3 is 0 Å². The molecule has 3 aromatic carbocycles. The molecule has 0 radical (unpaired) electrons. The minimum absolute atomic E-state index is 0.296. The van der Waals surface area contributed by atoms with Crippen molar-refractivity contribution in [3.05, 3.63) is 94.6 Å². The van der Waals surface area contributed by atoms with Crippen LogP contribution in [0.15, 0.2) is 88.6 Å². The number of amides is 1. The molecule has 0 bridgehead atoms. The Morgan fingerprint density at radius 2 is 1.76 bits per heavy atom. The Labute approximate surface area is 198 Å². The molecule has 1 aliphatic rings. The topological polar surface area (TPSA) is 77.7 Å². The summed E-state index contributed by atoms with van der Waals surface area (Å²) < 4.78 is 14.1. The number of rotatable bonds is 5. The van der Waals surface area contributed by atoms with E-state index in [-0.39, 0.29) is 5.91 Å². The van der Waals surface area contributed by atoms with E-state index >= 15 is 0 Å². The first kappa shape index (κ1) is 21.0. The summed E-state index contributed by atoms with van der Waals surface area (Å²) in [5, 5.41) is 8.95. The average molecular weight is 503 g/mol. The van der Waals surface area contributed by atoms with Crippen LogP contribution in [0.2, 0.25) is 0 Å². The van der Waals surface area contributed by atoms with E-state index in [0.717, 1.165) is 21.3 Å². The molecule has 0 saturated heterocycles. The highest BCUT2D eigenvalue weighted by Gasteiger charge is 2.16. The van der Waals surface area contributed by atoms with Gasteiger partial charge in [-0.15, -0.1) is 0 Å². The molecular formula is C25H19BrN4O3. The van der Waals surface area contributed by atoms with Crippen LogP contribution in [-0.2, 0) is 0 Å². The van der Waals surface area contributed by atoms with Gasteiger partial charge in [-0.3, -0.25) is 4.79 Å². The lowest BCUT2D eigenvalue weighted by Crippen LogP contribution is -2.17. The van der Waals surface area contributed by atoms with Crippen LogP contribution in [0.5, 0.6) is 11.5 Å². The van der Waals surface area contributed by atoms with E-state index in [4.69, 9.17) is 14.6 Å². The smallest absolute Gasteiger partial charge is 0.271 e. The maximum Gasteiger partial charge on any atom is 0.271 e. The first-order valence-corrected chi connectivity index (χ1v) is 11.1. The van der Waals surface area contributed by atoms with E-state index in [1.165, 1.54) is 0 Å². The Kier molecular flexibility index (Phi) is 5.91. The molecule has 1 aliphatic heterocycles. The molecule has 0 spiro atoms. The van der Waals surface area contributed by atoms with Gasteiger partial charge in [-0.1, -0.05) is 34.1 Å². The second kappa shape index (κ2) is 9.30. The number of hydrazone groups is 1. The maximum absolute atomic E-state index is 12.4. The van der Waals surface area contributed by atoms with E-state index in [1.54, 1.807) is 23.0 Å². The summed E-state index contributed by atoms with van der Waals surface area (Å²) in [6.45, 7) is 1.04. The van der Waals surface area contributed by atoms with E-state index in [1.807, 2.05) is 66.9 Å². The van der Waals surface area contributed by atoms with Gasteiger partial charge in [-0.25, -0.2) is 10.1 Å². The monoisotopic (exact) mass is 502 g/mol. The molecule has 1 N–H and O–H groups in total. The van der Waals surface area contributed by atoms with Crippen LogP contribution < -0.4 is 14.9 Å². The predicted octanol–water partition coefficient (Wildman–Crippen LogP) is 4.84. The van der Waals surface area contributed by atoms with Gasteiger partial charge in [0, 0.05) is 27.4 Å². The number of para-hydroxylation sites is 1. The number of carbonyl (C=O) groups excluding carboxylic acids is 1. The van der Waals surface area contributed by atoms with Crippen molar-refractivity contribution in [2.75, 3.05) is 13.2 Å². The zero-order valence-electron chi connectivity index (χ0n) is 17.4. The van der Waals surface area contributed by atoms with Gasteiger partial charge in [0.25, 0.3) is 5.91 Å². The Bertz CT molecular complexity index is 1320. The number of fused-ring (bicyclic) bond motifs is 1. The van der Waals surface area contributed by atoms with E-state index < -0.39 is 0 Å². The second-order valence-corrected chi connectivity index (χ2v) is 8.19. The number of carbonyl (C=O) groups is 1. The van der Waals surface area contributed by atoms with Crippen LogP contribution in [-0.4, -0.2) is 35.1 Å². The fourth-order valence-electron chi connectivity index (χ4n) is 3.44. The molecule has 4 aromatic rings. The van der Waals surface area contributed by atoms with Gasteiger partial charge in [0.05, 0.1) is 11.9 Å². The Morgan fingerprint density at radius 3 is 2.55 bits per heavy atom. The Hall–Kier alpha value is -3.91. The van der Waals surface area contributed by atoms with Crippen molar-refractivity contribution in [2.24, 2.45) is 5.10 Å². The standard InChI is InChI=1S/C25H19BrN4O3/c26-20-9-6-17(7-10-20)25(31)28-27-15-19-16-30(21-4-2-1-3-5-21)29-24(19)18-8-11-22-23(14-18)33-13-12-32-22/h1-11,14-16H,12-13H2,(H,28,31). The minimum Gasteiger partial charge on any atom is -0.486 e. The molecular weight excluding hydrogens is 484 g/mol. The van der Waals surface area contributed by atoms with Crippen molar-refractivity contribution in [2.45, 2.75) is 0 Å². The zero-order valence-corrected chi connectivity index (χ0v) is 19.0. The van der Waals surface area contributed by atoms with E-state index in [2.05, 4.69) is 26.5 Å². The van der Waals surface area contributed by atoms with Gasteiger partial charge < -0.3 is 9.47 Å². The molecule has 0 saturated carbocycles. The van der Waals surface area contributed by atoms with Gasteiger partial charge in [-0.2, -0.15) is 10.2 Å². The van der Waals surface area contributed by atoms with Crippen molar-refractivity contribution >= 4 is 28.1 Å². The number of aromatic nitrogens is 2. The molecule has 8 heteroatoms. The first-order chi connectivity index (χ1) is 16.2. The molecule has 0 atom stereocenters. The fraction of sp³-hybridized carbons (Fsp3) is 0.0800. The number of hydrogen-bond donors (Lipinski definition) is 1. The Balaban J connectivity index is 1.46. The largest absolute Gasteiger partial charge is 0.486 e. The van der Waals surface area contributed by atoms with Gasteiger partial charge in [0.15, 0.2) is 11.5 Å². The highest BCUT2D eigenvalue weighted by atomic mass is 79.9. The second-order valence-electron chi connectivity index (χ2n) is 7.28. The van der Waals surface area contributed by atoms with Crippen LogP contribution in [0.4, 0.5) is 0 Å². The number of ether oxygens (including phenoxy) is 2. The van der Waals surface area contributed by atoms with Crippen molar-refractivity contribution < 1.29 is 14.3 Å². The van der Waals surface area contributed by atoms with Crippen molar-refractivity contribution in [1.82, 2.24) is 15.2 Å². The summed E-state index contributed by atoms with van der Waals surface area (Å²) in [6, 6.07) is 22.6. The third-order valence-corrected chi connectivity index (χ3v) is 5.58. The molecule has 5 rings (SSSR count). The molecule has 33 heavy (non-hydrogen) atoms. The fourth-order valence-corrected chi connectivity index (χ4v) is 3.70. The third kappa shape index (κ3) is 4.65. The highest BCUT2D eigenvalue weighted by Crippen LogP contribution is 2.35. The molecule has 0 fully saturated rings. The van der Waals surface area contributed by atoms with Crippen molar-refractivity contribution in [1.29, 1.82) is 0 Å². The third-order valence-electron chi connectivity index (χ3n) is 5.06. The lowest BCUT2D eigenvalue weighted by atomic mass is 10.1. The summed E-state index contributed by atoms with van der Waals surface area (Å²) in [5.74, 6) is 1.10. The molecule has 1 amide bonds. The number of halogens is 1. The van der Waals surface area contributed by atoms with Crippen molar-refractivity contribution in [3.63, 3.8) is 0 Å². The molecule has 7 nitrogen and oxygen atoms in total. The number of hydrogen-bond acceptors (Lipinski definition) is 5. The summed E-state index contributed by atoms with van der Waals surface area (Å²) in [4.78, 5) is 12.4. The summed E-state index contributed by atoms with van der Waals surface area (Å²) >= 11 is 3.37. The molecule has 164 valence electrons. The lowest BCUT2D eigenvalue weighted by molar-refractivity contribution is 0.0955. The normalized spacial score (nSPS) is 12.6. The summed E-state index contributed by atoms with van der Waals surface area (Å²) in [7, 11) is 0. The number of nitrogens with one attached hydrogen (secondary N) is 1. The van der Waals surface area contributed by atoms with Gasteiger partial charge in [0.2, 0.25) is 0 Å². The van der Waals surface area contributed by atoms with Gasteiger partial charge in [-0.05, 0) is 54.6 Å². The van der Waals surface area contributed by atoms with Crippen LogP contribution in [0.1, 0.15) is 15.9 Å². The zero-order chi connectivity index (χ0) is 22.6. The molecule has 0 aliphatic carbocycles. The number of benzene rings is 3.